The predicted octanol–water partition coefficient (Wildman–Crippen LogP) is 0.0529. The van der Waals surface area contributed by atoms with Gasteiger partial charge in [-0.3, -0.25) is 4.68 Å². The normalized spacial score (nSPS) is 11.0. The standard InChI is InChI=1S/C12H17N5O3S.ClH/c1-17-12(14-9-15-17)8-20-10-2-4-11(5-3-10)21(18,19)16-7-6-13;/h2-5,9,16H,6-8,13H2,1H3;1H. The van der Waals surface area contributed by atoms with Gasteiger partial charge in [-0.1, -0.05) is 0 Å². The summed E-state index contributed by atoms with van der Waals surface area (Å²) in [5, 5.41) is 3.93. The van der Waals surface area contributed by atoms with Crippen molar-refractivity contribution in [2.24, 2.45) is 12.8 Å². The van der Waals surface area contributed by atoms with Crippen molar-refractivity contribution in [3.63, 3.8) is 0 Å². The Labute approximate surface area is 135 Å². The van der Waals surface area contributed by atoms with Crippen molar-refractivity contribution in [1.29, 1.82) is 0 Å². The van der Waals surface area contributed by atoms with Crippen molar-refractivity contribution in [2.45, 2.75) is 11.5 Å². The number of sulfonamides is 1. The van der Waals surface area contributed by atoms with Gasteiger partial charge in [0.25, 0.3) is 0 Å². The van der Waals surface area contributed by atoms with Crippen LogP contribution in [0.2, 0.25) is 0 Å². The van der Waals surface area contributed by atoms with Crippen LogP contribution in [0.4, 0.5) is 0 Å². The van der Waals surface area contributed by atoms with Crippen LogP contribution >= 0.6 is 12.4 Å². The average molecular weight is 348 g/mol. The molecule has 2 aromatic rings. The van der Waals surface area contributed by atoms with E-state index in [1.807, 2.05) is 0 Å². The molecule has 2 rings (SSSR count). The highest BCUT2D eigenvalue weighted by Gasteiger charge is 2.12. The molecule has 0 fully saturated rings. The van der Waals surface area contributed by atoms with Gasteiger partial charge in [0.1, 0.15) is 18.7 Å². The maximum absolute atomic E-state index is 11.9. The molecular formula is C12H18ClN5O3S. The fourth-order valence-corrected chi connectivity index (χ4v) is 2.64. The number of halogens is 1. The van der Waals surface area contributed by atoms with Crippen LogP contribution in [0.5, 0.6) is 5.75 Å². The summed E-state index contributed by atoms with van der Waals surface area (Å²) in [6.45, 7) is 0.707. The zero-order valence-corrected chi connectivity index (χ0v) is 13.6. The van der Waals surface area contributed by atoms with Crippen molar-refractivity contribution in [2.75, 3.05) is 13.1 Å². The zero-order valence-electron chi connectivity index (χ0n) is 12.0. The molecule has 10 heteroatoms. The van der Waals surface area contributed by atoms with Gasteiger partial charge in [-0.25, -0.2) is 18.1 Å². The van der Waals surface area contributed by atoms with Crippen LogP contribution in [-0.4, -0.2) is 36.3 Å². The lowest BCUT2D eigenvalue weighted by molar-refractivity contribution is 0.289. The first-order chi connectivity index (χ1) is 10.0. The summed E-state index contributed by atoms with van der Waals surface area (Å²) in [7, 11) is -1.75. The van der Waals surface area contributed by atoms with Gasteiger partial charge >= 0.3 is 0 Å². The molecule has 0 spiro atoms. The smallest absolute Gasteiger partial charge is 0.240 e. The molecule has 22 heavy (non-hydrogen) atoms. The topological polar surface area (TPSA) is 112 Å². The minimum atomic E-state index is -3.52. The molecule has 0 saturated carbocycles. The van der Waals surface area contributed by atoms with E-state index in [-0.39, 0.29) is 37.0 Å². The molecule has 0 aliphatic heterocycles. The molecule has 0 unspecified atom stereocenters. The first-order valence-corrected chi connectivity index (χ1v) is 7.77. The van der Waals surface area contributed by atoms with Gasteiger partial charge in [-0.15, -0.1) is 12.4 Å². The van der Waals surface area contributed by atoms with E-state index in [0.29, 0.717) is 11.6 Å². The van der Waals surface area contributed by atoms with Crippen LogP contribution in [0.1, 0.15) is 5.82 Å². The van der Waals surface area contributed by atoms with Gasteiger partial charge in [0, 0.05) is 20.1 Å². The van der Waals surface area contributed by atoms with Gasteiger partial charge in [-0.2, -0.15) is 5.10 Å². The number of benzene rings is 1. The number of aryl methyl sites for hydroxylation is 1. The third-order valence-corrected chi connectivity index (χ3v) is 4.22. The Morgan fingerprint density at radius 1 is 1.32 bits per heavy atom. The average Bonchev–Trinajstić information content (AvgIpc) is 2.89. The number of nitrogens with two attached hydrogens (primary N) is 1. The molecule has 3 N–H and O–H groups in total. The summed E-state index contributed by atoms with van der Waals surface area (Å²) in [5.74, 6) is 1.23. The second-order valence-corrected chi connectivity index (χ2v) is 6.01. The van der Waals surface area contributed by atoms with E-state index in [1.54, 1.807) is 23.9 Å². The zero-order chi connectivity index (χ0) is 15.3. The van der Waals surface area contributed by atoms with Crippen LogP contribution in [0.15, 0.2) is 35.5 Å². The molecule has 0 saturated heterocycles. The number of rotatable bonds is 7. The summed E-state index contributed by atoms with van der Waals surface area (Å²) >= 11 is 0. The Balaban J connectivity index is 0.00000242. The third kappa shape index (κ3) is 4.67. The number of hydrogen-bond acceptors (Lipinski definition) is 6. The molecule has 0 aliphatic rings. The Morgan fingerprint density at radius 2 is 2.00 bits per heavy atom. The van der Waals surface area contributed by atoms with Crippen molar-refractivity contribution in [3.8, 4) is 5.75 Å². The SMILES string of the molecule is Cl.Cn1ncnc1COc1ccc(S(=O)(=O)NCCN)cc1. The maximum atomic E-state index is 11.9. The van der Waals surface area contributed by atoms with E-state index in [0.717, 1.165) is 0 Å². The van der Waals surface area contributed by atoms with E-state index in [2.05, 4.69) is 14.8 Å². The molecule has 0 bridgehead atoms. The van der Waals surface area contributed by atoms with Gasteiger partial charge in [0.15, 0.2) is 5.82 Å². The Morgan fingerprint density at radius 3 is 2.55 bits per heavy atom. The maximum Gasteiger partial charge on any atom is 0.240 e. The van der Waals surface area contributed by atoms with E-state index >= 15 is 0 Å². The van der Waals surface area contributed by atoms with Crippen LogP contribution in [0.25, 0.3) is 0 Å². The molecule has 0 atom stereocenters. The molecule has 1 aromatic heterocycles. The number of hydrogen-bond donors (Lipinski definition) is 2. The molecule has 0 radical (unpaired) electrons. The monoisotopic (exact) mass is 347 g/mol. The summed E-state index contributed by atoms with van der Waals surface area (Å²) in [4.78, 5) is 4.20. The molecule has 8 nitrogen and oxygen atoms in total. The minimum Gasteiger partial charge on any atom is -0.486 e. The van der Waals surface area contributed by atoms with E-state index in [4.69, 9.17) is 10.5 Å². The molecule has 0 amide bonds. The Kier molecular flexibility index (Phi) is 6.75. The first-order valence-electron chi connectivity index (χ1n) is 6.28. The van der Waals surface area contributed by atoms with Crippen LogP contribution in [0.3, 0.4) is 0 Å². The van der Waals surface area contributed by atoms with Gasteiger partial charge in [-0.05, 0) is 24.3 Å². The van der Waals surface area contributed by atoms with Crippen molar-refractivity contribution in [1.82, 2.24) is 19.5 Å². The van der Waals surface area contributed by atoms with E-state index in [9.17, 15) is 8.42 Å². The van der Waals surface area contributed by atoms with Crippen molar-refractivity contribution >= 4 is 22.4 Å². The van der Waals surface area contributed by atoms with Crippen molar-refractivity contribution in [3.05, 3.63) is 36.4 Å². The fraction of sp³-hybridized carbons (Fsp3) is 0.333. The van der Waals surface area contributed by atoms with E-state index < -0.39 is 10.0 Å². The highest BCUT2D eigenvalue weighted by atomic mass is 35.5. The number of nitrogens with zero attached hydrogens (tertiary/aromatic N) is 3. The van der Waals surface area contributed by atoms with Crippen LogP contribution in [-0.2, 0) is 23.7 Å². The van der Waals surface area contributed by atoms with Gasteiger partial charge in [0.05, 0.1) is 4.90 Å². The largest absolute Gasteiger partial charge is 0.486 e. The summed E-state index contributed by atoms with van der Waals surface area (Å²) < 4.78 is 33.2. The Hall–Kier alpha value is -1.68. The fourth-order valence-electron chi connectivity index (χ4n) is 1.59. The van der Waals surface area contributed by atoms with Crippen molar-refractivity contribution < 1.29 is 13.2 Å². The van der Waals surface area contributed by atoms with Crippen LogP contribution in [0, 0.1) is 0 Å². The first kappa shape index (κ1) is 18.4. The highest BCUT2D eigenvalue weighted by Crippen LogP contribution is 2.16. The highest BCUT2D eigenvalue weighted by molar-refractivity contribution is 7.89. The van der Waals surface area contributed by atoms with E-state index in [1.165, 1.54) is 18.5 Å². The lowest BCUT2D eigenvalue weighted by Gasteiger charge is -2.08. The molecule has 1 heterocycles. The minimum absolute atomic E-state index is 0. The summed E-state index contributed by atoms with van der Waals surface area (Å²) in [6, 6.07) is 6.14. The summed E-state index contributed by atoms with van der Waals surface area (Å²) in [5.41, 5.74) is 5.28. The third-order valence-electron chi connectivity index (χ3n) is 2.74. The lowest BCUT2D eigenvalue weighted by Crippen LogP contribution is -2.29. The number of nitrogens with one attached hydrogen (secondary N) is 1. The lowest BCUT2D eigenvalue weighted by atomic mass is 10.3. The number of ether oxygens (including phenoxy) is 1. The molecule has 0 aliphatic carbocycles. The quantitative estimate of drug-likeness (QED) is 0.732. The van der Waals surface area contributed by atoms with Gasteiger partial charge < -0.3 is 10.5 Å². The summed E-state index contributed by atoms with van der Waals surface area (Å²) in [6.07, 6.45) is 1.44. The predicted molar refractivity (Wildman–Crippen MR) is 83.3 cm³/mol. The molecule has 1 aromatic carbocycles. The van der Waals surface area contributed by atoms with Gasteiger partial charge in [0.2, 0.25) is 10.0 Å². The number of aromatic nitrogens is 3. The second kappa shape index (κ2) is 8.08. The Bertz CT molecular complexity index is 687. The second-order valence-electron chi connectivity index (χ2n) is 4.25. The molecule has 122 valence electrons. The van der Waals surface area contributed by atoms with Crippen LogP contribution < -0.4 is 15.2 Å². The molecular weight excluding hydrogens is 330 g/mol.